The van der Waals surface area contributed by atoms with Crippen LogP contribution in [-0.4, -0.2) is 27.6 Å². The first-order chi connectivity index (χ1) is 14.2. The third kappa shape index (κ3) is 5.21. The van der Waals surface area contributed by atoms with Gasteiger partial charge in [-0.3, -0.25) is 14.5 Å². The maximum atomic E-state index is 13.0. The average Bonchev–Trinajstić information content (AvgIpc) is 2.94. The molecule has 0 aliphatic carbocycles. The summed E-state index contributed by atoms with van der Waals surface area (Å²) < 4.78 is 39.4. The molecule has 0 unspecified atom stereocenters. The van der Waals surface area contributed by atoms with Crippen LogP contribution >= 0.6 is 35.6 Å². The Kier molecular flexibility index (Phi) is 6.84. The Hall–Kier alpha value is -2.36. The Labute approximate surface area is 185 Å². The number of hydrogen-bond acceptors (Lipinski definition) is 4. The number of carbonyl (C=O) groups is 2. The van der Waals surface area contributed by atoms with Gasteiger partial charge in [-0.05, 0) is 29.8 Å². The lowest BCUT2D eigenvalue weighted by molar-refractivity contribution is -0.137. The summed E-state index contributed by atoms with van der Waals surface area (Å²) in [5.74, 6) is -1.04. The summed E-state index contributed by atoms with van der Waals surface area (Å²) in [5, 5.41) is 2.73. The highest BCUT2D eigenvalue weighted by atomic mass is 35.5. The zero-order valence-electron chi connectivity index (χ0n) is 15.2. The molecule has 1 heterocycles. The number of carbonyl (C=O) groups excluding carboxylic acids is 2. The lowest BCUT2D eigenvalue weighted by Gasteiger charge is -2.16. The van der Waals surface area contributed by atoms with E-state index in [2.05, 4.69) is 5.32 Å². The molecular weight excluding hydrogens is 457 g/mol. The Bertz CT molecular complexity index is 1040. The smallest absolute Gasteiger partial charge is 0.325 e. The van der Waals surface area contributed by atoms with Gasteiger partial charge in [-0.1, -0.05) is 65.9 Å². The number of benzene rings is 2. The maximum Gasteiger partial charge on any atom is 0.418 e. The van der Waals surface area contributed by atoms with E-state index in [1.54, 1.807) is 30.3 Å². The van der Waals surface area contributed by atoms with E-state index < -0.39 is 17.6 Å². The first-order valence-electron chi connectivity index (χ1n) is 8.63. The average molecular weight is 471 g/mol. The second-order valence-corrected chi connectivity index (χ2v) is 8.28. The van der Waals surface area contributed by atoms with Crippen LogP contribution in [0.1, 0.15) is 17.5 Å². The van der Waals surface area contributed by atoms with Crippen molar-refractivity contribution >= 4 is 63.5 Å². The van der Waals surface area contributed by atoms with Crippen molar-refractivity contribution in [3.8, 4) is 0 Å². The number of alkyl halides is 3. The van der Waals surface area contributed by atoms with Gasteiger partial charge in [-0.25, -0.2) is 0 Å². The van der Waals surface area contributed by atoms with Gasteiger partial charge in [0.25, 0.3) is 5.91 Å². The van der Waals surface area contributed by atoms with E-state index >= 15 is 0 Å². The third-order valence-corrected chi connectivity index (χ3v) is 5.86. The van der Waals surface area contributed by atoms with E-state index in [0.29, 0.717) is 15.5 Å². The SMILES string of the molecule is O=C(CCN1C(=O)/C(=C/c2ccccc2Cl)SC1=S)Nc1ccccc1C(F)(F)F. The van der Waals surface area contributed by atoms with E-state index in [0.717, 1.165) is 17.8 Å². The summed E-state index contributed by atoms with van der Waals surface area (Å²) in [7, 11) is 0. The number of nitrogens with zero attached hydrogens (tertiary/aromatic N) is 1. The number of amides is 2. The summed E-state index contributed by atoms with van der Waals surface area (Å²) in [4.78, 5) is 26.4. The Morgan fingerprint density at radius 2 is 1.83 bits per heavy atom. The van der Waals surface area contributed by atoms with E-state index in [9.17, 15) is 22.8 Å². The van der Waals surface area contributed by atoms with Crippen LogP contribution in [0.5, 0.6) is 0 Å². The molecule has 156 valence electrons. The van der Waals surface area contributed by atoms with Gasteiger partial charge >= 0.3 is 6.18 Å². The fourth-order valence-corrected chi connectivity index (χ4v) is 4.18. The molecule has 2 aromatic carbocycles. The third-order valence-electron chi connectivity index (χ3n) is 4.13. The minimum absolute atomic E-state index is 0.0510. The van der Waals surface area contributed by atoms with E-state index in [1.807, 2.05) is 0 Å². The number of anilines is 1. The molecule has 4 nitrogen and oxygen atoms in total. The molecule has 0 aromatic heterocycles. The largest absolute Gasteiger partial charge is 0.418 e. The number of hydrogen-bond donors (Lipinski definition) is 1. The summed E-state index contributed by atoms with van der Waals surface area (Å²) in [6.45, 7) is -0.0510. The monoisotopic (exact) mass is 470 g/mol. The van der Waals surface area contributed by atoms with Crippen molar-refractivity contribution < 1.29 is 22.8 Å². The lowest BCUT2D eigenvalue weighted by atomic mass is 10.1. The number of thioether (sulfide) groups is 1. The van der Waals surface area contributed by atoms with Crippen molar-refractivity contribution in [1.29, 1.82) is 0 Å². The van der Waals surface area contributed by atoms with Crippen molar-refractivity contribution in [2.24, 2.45) is 0 Å². The van der Waals surface area contributed by atoms with Gasteiger partial charge in [-0.15, -0.1) is 0 Å². The standard InChI is InChI=1S/C20H14ClF3N2O2S2/c21-14-7-3-1-5-12(14)11-16-18(28)26(19(29)30-16)10-9-17(27)25-15-8-4-2-6-13(15)20(22,23)24/h1-8,11H,9-10H2,(H,25,27)/b16-11-. The molecule has 1 saturated heterocycles. The first-order valence-corrected chi connectivity index (χ1v) is 10.2. The Morgan fingerprint density at radius 1 is 1.17 bits per heavy atom. The van der Waals surface area contributed by atoms with Crippen LogP contribution in [-0.2, 0) is 15.8 Å². The molecule has 2 aromatic rings. The van der Waals surface area contributed by atoms with Crippen LogP contribution in [0.4, 0.5) is 18.9 Å². The summed E-state index contributed by atoms with van der Waals surface area (Å²) >= 11 is 12.4. The molecule has 10 heteroatoms. The summed E-state index contributed by atoms with van der Waals surface area (Å²) in [6.07, 6.45) is -3.19. The quantitative estimate of drug-likeness (QED) is 0.457. The molecule has 0 bridgehead atoms. The molecule has 30 heavy (non-hydrogen) atoms. The predicted molar refractivity (Wildman–Crippen MR) is 116 cm³/mol. The van der Waals surface area contributed by atoms with Crippen LogP contribution in [0.15, 0.2) is 53.4 Å². The van der Waals surface area contributed by atoms with Crippen LogP contribution < -0.4 is 5.32 Å². The van der Waals surface area contributed by atoms with Crippen molar-refractivity contribution in [3.05, 3.63) is 69.6 Å². The van der Waals surface area contributed by atoms with E-state index in [1.165, 1.54) is 23.1 Å². The van der Waals surface area contributed by atoms with Gasteiger partial charge in [0.15, 0.2) is 0 Å². The van der Waals surface area contributed by atoms with Crippen molar-refractivity contribution in [1.82, 2.24) is 4.90 Å². The molecule has 1 aliphatic heterocycles. The van der Waals surface area contributed by atoms with Crippen LogP contribution in [0.25, 0.3) is 6.08 Å². The Morgan fingerprint density at radius 3 is 2.53 bits per heavy atom. The minimum atomic E-state index is -4.59. The van der Waals surface area contributed by atoms with Gasteiger partial charge in [0.05, 0.1) is 16.2 Å². The minimum Gasteiger partial charge on any atom is -0.325 e. The van der Waals surface area contributed by atoms with Crippen LogP contribution in [0.2, 0.25) is 5.02 Å². The van der Waals surface area contributed by atoms with Gasteiger partial charge < -0.3 is 5.32 Å². The zero-order valence-corrected chi connectivity index (χ0v) is 17.6. The first kappa shape index (κ1) is 22.3. The van der Waals surface area contributed by atoms with Crippen molar-refractivity contribution in [2.45, 2.75) is 12.6 Å². The topological polar surface area (TPSA) is 49.4 Å². The fraction of sp³-hybridized carbons (Fsp3) is 0.150. The van der Waals surface area contributed by atoms with Crippen molar-refractivity contribution in [2.75, 3.05) is 11.9 Å². The highest BCUT2D eigenvalue weighted by Gasteiger charge is 2.34. The molecule has 2 amide bonds. The normalized spacial score (nSPS) is 15.7. The van der Waals surface area contributed by atoms with Gasteiger partial charge in [0, 0.05) is 18.0 Å². The Balaban J connectivity index is 1.65. The number of rotatable bonds is 5. The summed E-state index contributed by atoms with van der Waals surface area (Å²) in [6, 6.07) is 11.7. The second-order valence-electron chi connectivity index (χ2n) is 6.20. The molecule has 3 rings (SSSR count). The number of nitrogens with one attached hydrogen (secondary N) is 1. The molecular formula is C20H14ClF3N2O2S2. The number of para-hydroxylation sites is 1. The lowest BCUT2D eigenvalue weighted by Crippen LogP contribution is -2.31. The summed E-state index contributed by atoms with van der Waals surface area (Å²) in [5.41, 5.74) is -0.619. The molecule has 0 radical (unpaired) electrons. The van der Waals surface area contributed by atoms with E-state index in [-0.39, 0.29) is 28.9 Å². The molecule has 0 saturated carbocycles. The molecule has 1 N–H and O–H groups in total. The zero-order chi connectivity index (χ0) is 21.9. The van der Waals surface area contributed by atoms with Crippen molar-refractivity contribution in [3.63, 3.8) is 0 Å². The number of halogens is 4. The molecule has 0 spiro atoms. The number of thiocarbonyl (C=S) groups is 1. The van der Waals surface area contributed by atoms with E-state index in [4.69, 9.17) is 23.8 Å². The second kappa shape index (κ2) is 9.20. The highest BCUT2D eigenvalue weighted by molar-refractivity contribution is 8.26. The predicted octanol–water partition coefficient (Wildman–Crippen LogP) is 5.59. The molecule has 1 fully saturated rings. The highest BCUT2D eigenvalue weighted by Crippen LogP contribution is 2.35. The maximum absolute atomic E-state index is 13.0. The molecule has 0 atom stereocenters. The van der Waals surface area contributed by atoms with Crippen LogP contribution in [0, 0.1) is 0 Å². The van der Waals surface area contributed by atoms with Gasteiger partial charge in [-0.2, -0.15) is 13.2 Å². The fourth-order valence-electron chi connectivity index (χ4n) is 2.69. The van der Waals surface area contributed by atoms with Crippen LogP contribution in [0.3, 0.4) is 0 Å². The molecule has 1 aliphatic rings. The van der Waals surface area contributed by atoms with Gasteiger partial charge in [0.2, 0.25) is 5.91 Å². The van der Waals surface area contributed by atoms with Gasteiger partial charge in [0.1, 0.15) is 4.32 Å².